The molecule has 0 fully saturated rings. The van der Waals surface area contributed by atoms with Crippen LogP contribution in [0.5, 0.6) is 5.75 Å². The lowest BCUT2D eigenvalue weighted by molar-refractivity contribution is 0.227. The largest absolute Gasteiger partial charge is 0.489 e. The van der Waals surface area contributed by atoms with Gasteiger partial charge in [-0.05, 0) is 43.7 Å². The number of fused-ring (bicyclic) bond motifs is 3. The second kappa shape index (κ2) is 10.3. The number of hydrogen-bond donors (Lipinski definition) is 0. The third kappa shape index (κ3) is 4.74. The molecule has 4 aromatic rings. The number of benzene rings is 2. The van der Waals surface area contributed by atoms with E-state index in [9.17, 15) is 4.79 Å². The van der Waals surface area contributed by atoms with Crippen molar-refractivity contribution in [1.29, 1.82) is 0 Å². The maximum absolute atomic E-state index is 12.9. The second-order valence-corrected chi connectivity index (χ2v) is 9.22. The molecule has 178 valence electrons. The average Bonchev–Trinajstić information content (AvgIpc) is 2.96. The highest BCUT2D eigenvalue weighted by molar-refractivity contribution is 6.36. The zero-order chi connectivity index (χ0) is 22.9. The molecule has 0 aliphatic carbocycles. The van der Waals surface area contributed by atoms with Gasteiger partial charge in [-0.2, -0.15) is 0 Å². The summed E-state index contributed by atoms with van der Waals surface area (Å²) in [4.78, 5) is 15.3. The summed E-state index contributed by atoms with van der Waals surface area (Å²) in [5.74, 6) is 0.560. The highest BCUT2D eigenvalue weighted by Crippen LogP contribution is 2.34. The van der Waals surface area contributed by atoms with Crippen molar-refractivity contribution in [3.8, 4) is 11.4 Å². The van der Waals surface area contributed by atoms with Gasteiger partial charge in [0.25, 0.3) is 5.56 Å². The molecule has 34 heavy (non-hydrogen) atoms. The smallest absolute Gasteiger partial charge is 0.258 e. The molecule has 1 aliphatic heterocycles. The first kappa shape index (κ1) is 24.4. The zero-order valence-electron chi connectivity index (χ0n) is 19.4. The summed E-state index contributed by atoms with van der Waals surface area (Å²) in [6, 6.07) is 19.9. The fourth-order valence-corrected chi connectivity index (χ4v) is 4.96. The first-order chi connectivity index (χ1) is 16.0. The van der Waals surface area contributed by atoms with Crippen LogP contribution in [-0.4, -0.2) is 33.2 Å². The van der Waals surface area contributed by atoms with Gasteiger partial charge in [-0.3, -0.25) is 14.3 Å². The predicted octanol–water partition coefficient (Wildman–Crippen LogP) is 5.71. The van der Waals surface area contributed by atoms with Crippen LogP contribution in [0.1, 0.15) is 25.1 Å². The van der Waals surface area contributed by atoms with E-state index in [0.717, 1.165) is 53.2 Å². The van der Waals surface area contributed by atoms with Crippen molar-refractivity contribution in [3.05, 3.63) is 93.5 Å². The van der Waals surface area contributed by atoms with E-state index in [1.807, 2.05) is 48.5 Å². The van der Waals surface area contributed by atoms with Crippen molar-refractivity contribution >= 4 is 34.9 Å². The minimum atomic E-state index is -0.135. The van der Waals surface area contributed by atoms with Crippen LogP contribution >= 0.6 is 24.0 Å². The van der Waals surface area contributed by atoms with Crippen molar-refractivity contribution in [3.63, 3.8) is 0 Å². The fourth-order valence-electron chi connectivity index (χ4n) is 4.62. The third-order valence-electron chi connectivity index (χ3n) is 6.48. The van der Waals surface area contributed by atoms with Crippen molar-refractivity contribution in [2.24, 2.45) is 0 Å². The van der Waals surface area contributed by atoms with Crippen LogP contribution in [0.4, 0.5) is 0 Å². The van der Waals surface area contributed by atoms with Crippen molar-refractivity contribution in [2.75, 3.05) is 13.1 Å². The van der Waals surface area contributed by atoms with Gasteiger partial charge in [0.2, 0.25) is 0 Å². The van der Waals surface area contributed by atoms with Gasteiger partial charge in [-0.25, -0.2) is 0 Å². The highest BCUT2D eigenvalue weighted by Gasteiger charge is 2.22. The van der Waals surface area contributed by atoms with Crippen LogP contribution in [0.15, 0.2) is 71.7 Å². The third-order valence-corrected chi connectivity index (χ3v) is 6.90. The van der Waals surface area contributed by atoms with Crippen LogP contribution in [0.3, 0.4) is 0 Å². The number of nitrogens with zero attached hydrogens (tertiary/aromatic N) is 3. The summed E-state index contributed by atoms with van der Waals surface area (Å²) in [5, 5.41) is 1.80. The summed E-state index contributed by atoms with van der Waals surface area (Å²) in [7, 11) is 0. The highest BCUT2D eigenvalue weighted by atomic mass is 35.5. The van der Waals surface area contributed by atoms with Crippen LogP contribution in [0.25, 0.3) is 16.6 Å². The Morgan fingerprint density at radius 3 is 2.53 bits per heavy atom. The Morgan fingerprint density at radius 2 is 1.79 bits per heavy atom. The van der Waals surface area contributed by atoms with Gasteiger partial charge in [0.05, 0.1) is 5.02 Å². The molecule has 2 aromatic carbocycles. The second-order valence-electron chi connectivity index (χ2n) is 8.84. The number of aromatic nitrogens is 2. The number of rotatable bonds is 5. The zero-order valence-corrected chi connectivity index (χ0v) is 21.0. The lowest BCUT2D eigenvalue weighted by atomic mass is 10.2. The Kier molecular flexibility index (Phi) is 7.36. The van der Waals surface area contributed by atoms with Gasteiger partial charge in [0.15, 0.2) is 0 Å². The Bertz CT molecular complexity index is 1350. The van der Waals surface area contributed by atoms with E-state index in [1.54, 1.807) is 10.8 Å². The summed E-state index contributed by atoms with van der Waals surface area (Å²) < 4.78 is 9.78. The molecule has 0 N–H and O–H groups in total. The normalized spacial score (nSPS) is 14.0. The van der Waals surface area contributed by atoms with E-state index in [4.69, 9.17) is 16.3 Å². The van der Waals surface area contributed by atoms with Gasteiger partial charge in [-0.1, -0.05) is 41.9 Å². The molecule has 0 spiro atoms. The van der Waals surface area contributed by atoms with Gasteiger partial charge in [0.1, 0.15) is 12.4 Å². The first-order valence-corrected chi connectivity index (χ1v) is 11.8. The van der Waals surface area contributed by atoms with Crippen molar-refractivity contribution in [2.45, 2.75) is 39.5 Å². The molecule has 0 saturated carbocycles. The lowest BCUT2D eigenvalue weighted by Gasteiger charge is -2.23. The maximum atomic E-state index is 12.9. The summed E-state index contributed by atoms with van der Waals surface area (Å²) in [6.45, 7) is 7.84. The SMILES string of the molecule is CC(C)N1CCc2c(Cl)c3cc(-n4ccc(OCc5ccccc5)cc4=O)ccc3n2CC1.Cl. The fraction of sp³-hybridized carbons (Fsp3) is 0.296. The summed E-state index contributed by atoms with van der Waals surface area (Å²) >= 11 is 6.85. The van der Waals surface area contributed by atoms with E-state index >= 15 is 0 Å². The molecule has 0 saturated heterocycles. The van der Waals surface area contributed by atoms with Crippen LogP contribution in [0.2, 0.25) is 5.02 Å². The standard InChI is InChI=1S/C27H28ClN3O2.ClH/c1-19(2)29-12-11-25-27(28)23-16-21(8-9-24(23)31(25)15-14-29)30-13-10-22(17-26(30)32)33-18-20-6-4-3-5-7-20;/h3-10,13,16-17,19H,11-12,14-15,18H2,1-2H3;1H. The van der Waals surface area contributed by atoms with Crippen LogP contribution in [-0.2, 0) is 19.6 Å². The molecule has 0 amide bonds. The maximum Gasteiger partial charge on any atom is 0.258 e. The first-order valence-electron chi connectivity index (χ1n) is 11.5. The van der Waals surface area contributed by atoms with Crippen molar-refractivity contribution in [1.82, 2.24) is 14.0 Å². The molecular formula is C27H29Cl2N3O2. The van der Waals surface area contributed by atoms with Crippen LogP contribution in [0, 0.1) is 0 Å². The van der Waals surface area contributed by atoms with Crippen LogP contribution < -0.4 is 10.3 Å². The van der Waals surface area contributed by atoms with E-state index in [1.165, 1.54) is 11.8 Å². The molecule has 0 bridgehead atoms. The topological polar surface area (TPSA) is 39.4 Å². The quantitative estimate of drug-likeness (QED) is 0.354. The molecule has 5 rings (SSSR count). The molecule has 5 nitrogen and oxygen atoms in total. The minimum Gasteiger partial charge on any atom is -0.489 e. The Hall–Kier alpha value is -2.73. The van der Waals surface area contributed by atoms with E-state index < -0.39 is 0 Å². The van der Waals surface area contributed by atoms with Crippen molar-refractivity contribution < 1.29 is 4.74 Å². The van der Waals surface area contributed by atoms with E-state index in [2.05, 4.69) is 29.4 Å². The van der Waals surface area contributed by atoms with Gasteiger partial charge < -0.3 is 9.30 Å². The molecule has 1 aliphatic rings. The number of halogens is 2. The van der Waals surface area contributed by atoms with E-state index in [-0.39, 0.29) is 18.0 Å². The lowest BCUT2D eigenvalue weighted by Crippen LogP contribution is -2.33. The molecule has 0 unspecified atom stereocenters. The molecule has 0 atom stereocenters. The number of pyridine rings is 1. The molecule has 7 heteroatoms. The molecular weight excluding hydrogens is 469 g/mol. The van der Waals surface area contributed by atoms with Gasteiger partial charge >= 0.3 is 0 Å². The summed E-state index contributed by atoms with van der Waals surface area (Å²) in [6.07, 6.45) is 2.69. The molecule has 0 radical (unpaired) electrons. The van der Waals surface area contributed by atoms with Gasteiger partial charge in [-0.15, -0.1) is 12.4 Å². The molecule has 2 aromatic heterocycles. The van der Waals surface area contributed by atoms with Gasteiger partial charge in [0, 0.05) is 66.6 Å². The Balaban J connectivity index is 0.00000274. The van der Waals surface area contributed by atoms with E-state index in [0.29, 0.717) is 18.4 Å². The minimum absolute atomic E-state index is 0. The predicted molar refractivity (Wildman–Crippen MR) is 141 cm³/mol. The summed E-state index contributed by atoms with van der Waals surface area (Å²) in [5.41, 5.74) is 4.04. The average molecular weight is 498 g/mol. The number of ether oxygens (including phenoxy) is 1. The monoisotopic (exact) mass is 497 g/mol. The molecule has 3 heterocycles. The number of hydrogen-bond acceptors (Lipinski definition) is 3. The Labute approximate surface area is 210 Å². The Morgan fingerprint density at radius 1 is 1.00 bits per heavy atom.